The average Bonchev–Trinajstić information content (AvgIpc) is 2.74. The van der Waals surface area contributed by atoms with Crippen LogP contribution in [0.3, 0.4) is 0 Å². The van der Waals surface area contributed by atoms with Gasteiger partial charge >= 0.3 is 0 Å². The second-order valence-electron chi connectivity index (χ2n) is 7.81. The van der Waals surface area contributed by atoms with Gasteiger partial charge in [-0.15, -0.1) is 0 Å². The van der Waals surface area contributed by atoms with E-state index in [2.05, 4.69) is 86.3 Å². The van der Waals surface area contributed by atoms with Crippen molar-refractivity contribution in [3.05, 3.63) is 77.9 Å². The van der Waals surface area contributed by atoms with Gasteiger partial charge in [0.2, 0.25) is 0 Å². The molecule has 0 saturated heterocycles. The van der Waals surface area contributed by atoms with Crippen LogP contribution in [-0.4, -0.2) is 37.9 Å². The summed E-state index contributed by atoms with van der Waals surface area (Å²) in [6.45, 7) is 13.9. The highest BCUT2D eigenvalue weighted by Crippen LogP contribution is 2.26. The standard InChI is InChI=1S/C25H37NSSi/c1-6-26(7-2)28(5,21-19-27-4)20-11-12-23-15-17-25(18-16-23)22(3)24-13-9-8-10-14-24/h8-10,13-18H,3,6-7,11-12,19-21H2,1-2,4-5H3. The lowest BCUT2D eigenvalue weighted by Crippen LogP contribution is -2.51. The van der Waals surface area contributed by atoms with Crippen LogP contribution in [0.5, 0.6) is 0 Å². The number of thioether (sulfide) groups is 1. The van der Waals surface area contributed by atoms with Gasteiger partial charge in [0.25, 0.3) is 0 Å². The summed E-state index contributed by atoms with van der Waals surface area (Å²) in [5, 5.41) is 0. The summed E-state index contributed by atoms with van der Waals surface area (Å²) in [5.74, 6) is 1.30. The van der Waals surface area contributed by atoms with Crippen LogP contribution in [-0.2, 0) is 6.42 Å². The van der Waals surface area contributed by atoms with Gasteiger partial charge in [0.05, 0.1) is 0 Å². The lowest BCUT2D eigenvalue weighted by atomic mass is 9.98. The van der Waals surface area contributed by atoms with Crippen molar-refractivity contribution in [1.82, 2.24) is 4.57 Å². The van der Waals surface area contributed by atoms with Gasteiger partial charge in [-0.25, -0.2) is 0 Å². The Labute approximate surface area is 178 Å². The molecule has 2 rings (SSSR count). The molecule has 0 spiro atoms. The minimum absolute atomic E-state index is 1.10. The maximum absolute atomic E-state index is 4.28. The maximum atomic E-state index is 4.28. The highest BCUT2D eigenvalue weighted by molar-refractivity contribution is 7.98. The largest absolute Gasteiger partial charge is 0.324 e. The Morgan fingerprint density at radius 3 is 2.11 bits per heavy atom. The number of hydrogen-bond acceptors (Lipinski definition) is 2. The SMILES string of the molecule is C=C(c1ccccc1)c1ccc(CCC[Si](C)(CCSC)N(CC)CC)cc1. The molecule has 152 valence electrons. The van der Waals surface area contributed by atoms with Crippen LogP contribution in [0.1, 0.15) is 37.0 Å². The molecule has 0 aliphatic rings. The van der Waals surface area contributed by atoms with Crippen molar-refractivity contribution in [2.24, 2.45) is 0 Å². The molecule has 1 atom stereocenters. The molecular formula is C25H37NSSi. The predicted molar refractivity (Wildman–Crippen MR) is 132 cm³/mol. The molecule has 0 bridgehead atoms. The van der Waals surface area contributed by atoms with Crippen LogP contribution in [0.15, 0.2) is 61.2 Å². The topological polar surface area (TPSA) is 3.24 Å². The van der Waals surface area contributed by atoms with Crippen molar-refractivity contribution >= 4 is 25.6 Å². The van der Waals surface area contributed by atoms with Gasteiger partial charge in [0, 0.05) is 0 Å². The number of benzene rings is 2. The Morgan fingerprint density at radius 2 is 1.54 bits per heavy atom. The van der Waals surface area contributed by atoms with Crippen LogP contribution in [0.25, 0.3) is 5.57 Å². The molecule has 0 fully saturated rings. The summed E-state index contributed by atoms with van der Waals surface area (Å²) >= 11 is 2.00. The van der Waals surface area contributed by atoms with Crippen molar-refractivity contribution in [2.45, 2.75) is 45.3 Å². The first kappa shape index (κ1) is 23.0. The molecule has 3 heteroatoms. The molecule has 1 unspecified atom stereocenters. The van der Waals surface area contributed by atoms with E-state index in [-0.39, 0.29) is 0 Å². The summed E-state index contributed by atoms with van der Waals surface area (Å²) in [4.78, 5) is 0. The molecular weight excluding hydrogens is 374 g/mol. The van der Waals surface area contributed by atoms with E-state index in [1.54, 1.807) is 0 Å². The molecule has 2 aromatic carbocycles. The van der Waals surface area contributed by atoms with Crippen LogP contribution in [0, 0.1) is 0 Å². The molecule has 0 amide bonds. The van der Waals surface area contributed by atoms with Crippen molar-refractivity contribution < 1.29 is 0 Å². The quantitative estimate of drug-likeness (QED) is 0.347. The molecule has 0 aliphatic carbocycles. The second kappa shape index (κ2) is 11.6. The molecule has 0 N–H and O–H groups in total. The number of hydrogen-bond donors (Lipinski definition) is 0. The van der Waals surface area contributed by atoms with E-state index in [4.69, 9.17) is 0 Å². The zero-order valence-electron chi connectivity index (χ0n) is 18.2. The summed E-state index contributed by atoms with van der Waals surface area (Å²) in [7, 11) is -1.33. The van der Waals surface area contributed by atoms with E-state index in [1.807, 2.05) is 17.8 Å². The third-order valence-corrected chi connectivity index (χ3v) is 11.9. The fourth-order valence-corrected chi connectivity index (χ4v) is 10.0. The van der Waals surface area contributed by atoms with Gasteiger partial charge in [-0.05, 0) is 65.9 Å². The first-order valence-corrected chi connectivity index (χ1v) is 14.9. The Bertz CT molecular complexity index is 709. The van der Waals surface area contributed by atoms with Crippen molar-refractivity contribution in [3.63, 3.8) is 0 Å². The van der Waals surface area contributed by atoms with Crippen LogP contribution in [0.2, 0.25) is 18.6 Å². The molecule has 1 nitrogen and oxygen atoms in total. The molecule has 0 aromatic heterocycles. The molecule has 0 heterocycles. The van der Waals surface area contributed by atoms with Gasteiger partial charge in [-0.1, -0.05) is 88.0 Å². The predicted octanol–water partition coefficient (Wildman–Crippen LogP) is 6.96. The Morgan fingerprint density at radius 1 is 0.929 bits per heavy atom. The third-order valence-electron chi connectivity index (χ3n) is 5.98. The Balaban J connectivity index is 1.95. The Kier molecular flexibility index (Phi) is 9.56. The van der Waals surface area contributed by atoms with E-state index >= 15 is 0 Å². The highest BCUT2D eigenvalue weighted by atomic mass is 32.2. The maximum Gasteiger partial charge on any atom is 0.126 e. The zero-order chi connectivity index (χ0) is 20.4. The van der Waals surface area contributed by atoms with Crippen LogP contribution < -0.4 is 0 Å². The van der Waals surface area contributed by atoms with Crippen molar-refractivity contribution in [3.8, 4) is 0 Å². The summed E-state index contributed by atoms with van der Waals surface area (Å²) in [5.41, 5.74) is 4.97. The first-order chi connectivity index (χ1) is 13.5. The van der Waals surface area contributed by atoms with Gasteiger partial charge < -0.3 is 4.57 Å². The van der Waals surface area contributed by atoms with Gasteiger partial charge in [-0.3, -0.25) is 0 Å². The van der Waals surface area contributed by atoms with E-state index in [0.717, 1.165) is 5.57 Å². The fourth-order valence-electron chi connectivity index (χ4n) is 4.10. The number of nitrogens with zero attached hydrogens (tertiary/aromatic N) is 1. The van der Waals surface area contributed by atoms with Gasteiger partial charge in [-0.2, -0.15) is 11.8 Å². The second-order valence-corrected chi connectivity index (χ2v) is 13.4. The molecule has 0 saturated carbocycles. The third kappa shape index (κ3) is 6.37. The van der Waals surface area contributed by atoms with Crippen molar-refractivity contribution in [1.29, 1.82) is 0 Å². The van der Waals surface area contributed by atoms with Crippen LogP contribution >= 0.6 is 11.8 Å². The molecule has 0 radical (unpaired) electrons. The minimum atomic E-state index is -1.33. The fraction of sp³-hybridized carbons (Fsp3) is 0.440. The lowest BCUT2D eigenvalue weighted by Gasteiger charge is -2.39. The molecule has 28 heavy (non-hydrogen) atoms. The lowest BCUT2D eigenvalue weighted by molar-refractivity contribution is 0.458. The average molecular weight is 412 g/mol. The van der Waals surface area contributed by atoms with E-state index in [9.17, 15) is 0 Å². The Hall–Kier alpha value is -1.29. The summed E-state index contributed by atoms with van der Waals surface area (Å²) in [6.07, 6.45) is 4.72. The van der Waals surface area contributed by atoms with E-state index < -0.39 is 8.24 Å². The number of aryl methyl sites for hydroxylation is 1. The zero-order valence-corrected chi connectivity index (χ0v) is 20.0. The van der Waals surface area contributed by atoms with Gasteiger partial charge in [0.15, 0.2) is 0 Å². The molecule has 2 aromatic rings. The van der Waals surface area contributed by atoms with E-state index in [0.29, 0.717) is 0 Å². The van der Waals surface area contributed by atoms with Crippen molar-refractivity contribution in [2.75, 3.05) is 25.1 Å². The monoisotopic (exact) mass is 411 g/mol. The number of rotatable bonds is 12. The summed E-state index contributed by atoms with van der Waals surface area (Å²) < 4.78 is 2.79. The minimum Gasteiger partial charge on any atom is -0.324 e. The van der Waals surface area contributed by atoms with Crippen LogP contribution in [0.4, 0.5) is 0 Å². The van der Waals surface area contributed by atoms with Gasteiger partial charge in [0.1, 0.15) is 8.24 Å². The first-order valence-electron chi connectivity index (χ1n) is 10.6. The van der Waals surface area contributed by atoms with E-state index in [1.165, 1.54) is 60.5 Å². The molecule has 0 aliphatic heterocycles. The summed E-state index contributed by atoms with van der Waals surface area (Å²) in [6, 6.07) is 22.3. The normalized spacial score (nSPS) is 13.5. The highest BCUT2D eigenvalue weighted by Gasteiger charge is 2.31. The smallest absolute Gasteiger partial charge is 0.126 e.